The highest BCUT2D eigenvalue weighted by Crippen LogP contribution is 2.20. The number of benzene rings is 1. The van der Waals surface area contributed by atoms with Crippen LogP contribution in [-0.4, -0.2) is 16.1 Å². The predicted octanol–water partition coefficient (Wildman–Crippen LogP) is 3.63. The normalized spacial score (nSPS) is 10.3. The molecule has 2 heterocycles. The van der Waals surface area contributed by atoms with Crippen molar-refractivity contribution in [1.29, 1.82) is 0 Å². The first-order valence-corrected chi connectivity index (χ1v) is 7.30. The van der Waals surface area contributed by atoms with Crippen molar-refractivity contribution < 1.29 is 9.21 Å². The van der Waals surface area contributed by atoms with E-state index in [0.29, 0.717) is 11.6 Å². The first kappa shape index (κ1) is 14.8. The predicted molar refractivity (Wildman–Crippen MR) is 87.8 cm³/mol. The van der Waals surface area contributed by atoms with Gasteiger partial charge in [-0.25, -0.2) is 0 Å². The molecule has 0 aliphatic rings. The lowest BCUT2D eigenvalue weighted by Crippen LogP contribution is -2.12. The van der Waals surface area contributed by atoms with E-state index in [1.54, 1.807) is 24.3 Å². The maximum Gasteiger partial charge on any atom is 0.292 e. The third-order valence-corrected chi connectivity index (χ3v) is 3.31. The monoisotopic (exact) mass is 308 g/mol. The van der Waals surface area contributed by atoms with E-state index in [1.165, 1.54) is 11.8 Å². The van der Waals surface area contributed by atoms with Crippen molar-refractivity contribution in [3.8, 4) is 0 Å². The van der Waals surface area contributed by atoms with Crippen molar-refractivity contribution >= 4 is 23.2 Å². The summed E-state index contributed by atoms with van der Waals surface area (Å²) in [6.07, 6.45) is 2.37. The van der Waals surface area contributed by atoms with Crippen LogP contribution in [0.25, 0.3) is 0 Å². The van der Waals surface area contributed by atoms with Gasteiger partial charge in [0, 0.05) is 5.69 Å². The molecule has 0 aliphatic carbocycles. The minimum Gasteiger partial charge on any atom is -0.459 e. The van der Waals surface area contributed by atoms with Crippen LogP contribution >= 0.6 is 0 Å². The molecule has 1 aromatic carbocycles. The van der Waals surface area contributed by atoms with Gasteiger partial charge < -0.3 is 15.1 Å². The molecule has 2 N–H and O–H groups in total. The van der Waals surface area contributed by atoms with Gasteiger partial charge in [0.15, 0.2) is 17.4 Å². The molecule has 3 aromatic rings. The van der Waals surface area contributed by atoms with Crippen molar-refractivity contribution in [2.24, 2.45) is 0 Å². The number of aryl methyl sites for hydroxylation is 1. The van der Waals surface area contributed by atoms with Crippen LogP contribution in [0, 0.1) is 0 Å². The highest BCUT2D eigenvalue weighted by atomic mass is 16.3. The van der Waals surface area contributed by atoms with Crippen LogP contribution < -0.4 is 10.6 Å². The van der Waals surface area contributed by atoms with Gasteiger partial charge in [-0.3, -0.25) is 4.79 Å². The Balaban J connectivity index is 1.68. The first-order chi connectivity index (χ1) is 11.3. The molecule has 0 saturated heterocycles. The Morgan fingerprint density at radius 2 is 1.83 bits per heavy atom. The lowest BCUT2D eigenvalue weighted by molar-refractivity contribution is 0.0996. The lowest BCUT2D eigenvalue weighted by Gasteiger charge is -2.10. The van der Waals surface area contributed by atoms with Gasteiger partial charge in [-0.05, 0) is 42.3 Å². The van der Waals surface area contributed by atoms with E-state index in [2.05, 4.69) is 33.8 Å². The number of aromatic nitrogens is 2. The van der Waals surface area contributed by atoms with E-state index in [4.69, 9.17) is 4.42 Å². The van der Waals surface area contributed by atoms with Crippen molar-refractivity contribution in [3.63, 3.8) is 0 Å². The Morgan fingerprint density at radius 1 is 1.04 bits per heavy atom. The molecular formula is C17H16N4O2. The fourth-order valence-electron chi connectivity index (χ4n) is 2.14. The summed E-state index contributed by atoms with van der Waals surface area (Å²) < 4.78 is 5.02. The van der Waals surface area contributed by atoms with Crippen molar-refractivity contribution in [2.45, 2.75) is 13.3 Å². The third kappa shape index (κ3) is 3.55. The molecule has 0 saturated carbocycles. The maximum absolute atomic E-state index is 11.8. The average molecular weight is 308 g/mol. The van der Waals surface area contributed by atoms with Crippen LogP contribution in [-0.2, 0) is 6.42 Å². The number of carbonyl (C=O) groups excluding carboxylic acids is 1. The quantitative estimate of drug-likeness (QED) is 0.752. The molecule has 23 heavy (non-hydrogen) atoms. The van der Waals surface area contributed by atoms with Gasteiger partial charge in [-0.1, -0.05) is 25.1 Å². The SMILES string of the molecule is CCc1ccccc1Nc1ccc(NC(=O)c2ccco2)nn1. The van der Waals surface area contributed by atoms with Gasteiger partial charge in [0.2, 0.25) is 0 Å². The fraction of sp³-hybridized carbons (Fsp3) is 0.118. The number of anilines is 3. The van der Waals surface area contributed by atoms with Crippen LogP contribution in [0.5, 0.6) is 0 Å². The number of rotatable bonds is 5. The molecular weight excluding hydrogens is 292 g/mol. The van der Waals surface area contributed by atoms with Crippen molar-refractivity contribution in [1.82, 2.24) is 10.2 Å². The lowest BCUT2D eigenvalue weighted by atomic mass is 10.1. The maximum atomic E-state index is 11.8. The van der Waals surface area contributed by atoms with Crippen molar-refractivity contribution in [3.05, 3.63) is 66.1 Å². The van der Waals surface area contributed by atoms with Gasteiger partial charge in [-0.15, -0.1) is 10.2 Å². The number of hydrogen-bond donors (Lipinski definition) is 2. The van der Waals surface area contributed by atoms with Crippen LogP contribution in [0.2, 0.25) is 0 Å². The molecule has 1 amide bonds. The Morgan fingerprint density at radius 3 is 2.52 bits per heavy atom. The van der Waals surface area contributed by atoms with E-state index >= 15 is 0 Å². The van der Waals surface area contributed by atoms with E-state index in [9.17, 15) is 4.79 Å². The van der Waals surface area contributed by atoms with Gasteiger partial charge in [0.05, 0.1) is 6.26 Å². The molecule has 0 bridgehead atoms. The van der Waals surface area contributed by atoms with Crippen LogP contribution in [0.3, 0.4) is 0 Å². The zero-order chi connectivity index (χ0) is 16.1. The van der Waals surface area contributed by atoms with Crippen molar-refractivity contribution in [2.75, 3.05) is 10.6 Å². The van der Waals surface area contributed by atoms with Gasteiger partial charge in [-0.2, -0.15) is 0 Å². The van der Waals surface area contributed by atoms with E-state index in [1.807, 2.05) is 18.2 Å². The molecule has 0 radical (unpaired) electrons. The highest BCUT2D eigenvalue weighted by molar-refractivity contribution is 6.01. The minimum atomic E-state index is -0.360. The summed E-state index contributed by atoms with van der Waals surface area (Å²) >= 11 is 0. The fourth-order valence-corrected chi connectivity index (χ4v) is 2.14. The summed E-state index contributed by atoms with van der Waals surface area (Å²) in [6, 6.07) is 14.7. The smallest absolute Gasteiger partial charge is 0.292 e. The summed E-state index contributed by atoms with van der Waals surface area (Å²) in [5.41, 5.74) is 2.20. The van der Waals surface area contributed by atoms with E-state index in [-0.39, 0.29) is 11.7 Å². The number of hydrogen-bond acceptors (Lipinski definition) is 5. The summed E-state index contributed by atoms with van der Waals surface area (Å²) in [7, 11) is 0. The number of furan rings is 1. The second-order valence-electron chi connectivity index (χ2n) is 4.87. The number of carbonyl (C=O) groups is 1. The number of nitrogens with one attached hydrogen (secondary N) is 2. The van der Waals surface area contributed by atoms with Crippen LogP contribution in [0.4, 0.5) is 17.3 Å². The number of nitrogens with zero attached hydrogens (tertiary/aromatic N) is 2. The number of amides is 1. The Bertz CT molecular complexity index is 783. The largest absolute Gasteiger partial charge is 0.459 e. The number of para-hydroxylation sites is 1. The van der Waals surface area contributed by atoms with E-state index < -0.39 is 0 Å². The molecule has 0 aliphatic heterocycles. The molecule has 0 atom stereocenters. The minimum absolute atomic E-state index is 0.228. The Labute approximate surface area is 133 Å². The second-order valence-corrected chi connectivity index (χ2v) is 4.87. The summed E-state index contributed by atoms with van der Waals surface area (Å²) in [5, 5.41) is 13.9. The summed E-state index contributed by atoms with van der Waals surface area (Å²) in [6.45, 7) is 2.10. The molecule has 2 aromatic heterocycles. The summed E-state index contributed by atoms with van der Waals surface area (Å²) in [4.78, 5) is 11.8. The topological polar surface area (TPSA) is 80.0 Å². The van der Waals surface area contributed by atoms with Gasteiger partial charge >= 0.3 is 0 Å². The van der Waals surface area contributed by atoms with Gasteiger partial charge in [0.1, 0.15) is 0 Å². The Hall–Kier alpha value is -3.15. The molecule has 0 unspecified atom stereocenters. The third-order valence-electron chi connectivity index (χ3n) is 3.31. The summed E-state index contributed by atoms with van der Waals surface area (Å²) in [5.74, 6) is 0.842. The first-order valence-electron chi connectivity index (χ1n) is 7.30. The molecule has 3 rings (SSSR count). The molecule has 0 spiro atoms. The average Bonchev–Trinajstić information content (AvgIpc) is 3.12. The van der Waals surface area contributed by atoms with Crippen LogP contribution in [0.15, 0.2) is 59.2 Å². The van der Waals surface area contributed by atoms with Gasteiger partial charge in [0.25, 0.3) is 5.91 Å². The molecule has 6 heteroatoms. The zero-order valence-electron chi connectivity index (χ0n) is 12.6. The molecule has 116 valence electrons. The zero-order valence-corrected chi connectivity index (χ0v) is 12.6. The van der Waals surface area contributed by atoms with E-state index in [0.717, 1.165) is 12.1 Å². The molecule has 0 fully saturated rings. The van der Waals surface area contributed by atoms with Crippen LogP contribution in [0.1, 0.15) is 23.0 Å². The standard InChI is InChI=1S/C17H16N4O2/c1-2-12-6-3-4-7-13(12)18-15-9-10-16(21-20-15)19-17(22)14-8-5-11-23-14/h3-11H,2H2,1H3,(H,18,20)(H,19,21,22). The Kier molecular flexibility index (Phi) is 4.33. The highest BCUT2D eigenvalue weighted by Gasteiger charge is 2.10. The molecule has 6 nitrogen and oxygen atoms in total. The second kappa shape index (κ2) is 6.74.